The van der Waals surface area contributed by atoms with E-state index in [-0.39, 0.29) is 11.5 Å². The predicted molar refractivity (Wildman–Crippen MR) is 108 cm³/mol. The molecule has 0 aliphatic heterocycles. The van der Waals surface area contributed by atoms with Crippen LogP contribution in [0.4, 0.5) is 11.4 Å². The van der Waals surface area contributed by atoms with Gasteiger partial charge in [-0.15, -0.1) is 0 Å². The van der Waals surface area contributed by atoms with E-state index in [0.29, 0.717) is 24.3 Å². The van der Waals surface area contributed by atoms with Crippen molar-refractivity contribution >= 4 is 23.2 Å². The molecule has 0 saturated carbocycles. The number of rotatable bonds is 8. The Labute approximate surface area is 164 Å². The lowest BCUT2D eigenvalue weighted by molar-refractivity contribution is -0.117. The van der Waals surface area contributed by atoms with Crippen LogP contribution in [0.15, 0.2) is 60.3 Å². The molecule has 0 bridgehead atoms. The number of ether oxygens (including phenoxy) is 1. The average Bonchev–Trinajstić information content (AvgIpc) is 2.70. The average molecular weight is 378 g/mol. The first-order valence-electron chi connectivity index (χ1n) is 8.67. The Balaban J connectivity index is 1.86. The Morgan fingerprint density at radius 1 is 1.07 bits per heavy atom. The topological polar surface area (TPSA) is 103 Å². The fraction of sp³-hybridized carbons (Fsp3) is 0.190. The highest BCUT2D eigenvalue weighted by Crippen LogP contribution is 2.14. The minimum atomic E-state index is -0.446. The third-order valence-corrected chi connectivity index (χ3v) is 3.81. The lowest BCUT2D eigenvalue weighted by atomic mass is 10.1. The maximum atomic E-state index is 12.2. The van der Waals surface area contributed by atoms with E-state index in [4.69, 9.17) is 4.74 Å². The van der Waals surface area contributed by atoms with Gasteiger partial charge in [0.25, 0.3) is 5.91 Å². The fourth-order valence-corrected chi connectivity index (χ4v) is 2.36. The number of nitrogens with one attached hydrogen (secondary N) is 3. The largest absolute Gasteiger partial charge is 0.497 e. The molecular formula is C21H22N4O3. The summed E-state index contributed by atoms with van der Waals surface area (Å²) in [5, 5.41) is 17.5. The van der Waals surface area contributed by atoms with Crippen molar-refractivity contribution in [3.8, 4) is 11.8 Å². The number of methoxy groups -OCH3 is 1. The normalized spacial score (nSPS) is 10.5. The molecule has 0 radical (unpaired) electrons. The van der Waals surface area contributed by atoms with E-state index < -0.39 is 5.91 Å². The van der Waals surface area contributed by atoms with Crippen LogP contribution in [0.3, 0.4) is 0 Å². The van der Waals surface area contributed by atoms with Crippen LogP contribution in [-0.2, 0) is 16.0 Å². The van der Waals surface area contributed by atoms with Gasteiger partial charge in [0.05, 0.1) is 7.11 Å². The smallest absolute Gasteiger partial charge is 0.263 e. The Morgan fingerprint density at radius 3 is 2.29 bits per heavy atom. The predicted octanol–water partition coefficient (Wildman–Crippen LogP) is 2.83. The zero-order valence-corrected chi connectivity index (χ0v) is 15.8. The van der Waals surface area contributed by atoms with Gasteiger partial charge in [-0.3, -0.25) is 9.59 Å². The van der Waals surface area contributed by atoms with Crippen LogP contribution in [0.5, 0.6) is 5.75 Å². The minimum Gasteiger partial charge on any atom is -0.497 e. The van der Waals surface area contributed by atoms with Gasteiger partial charge < -0.3 is 20.7 Å². The summed E-state index contributed by atoms with van der Waals surface area (Å²) in [4.78, 5) is 23.2. The molecule has 0 unspecified atom stereocenters. The standard InChI is InChI=1S/C21H22N4O3/c1-15(26)25-19-7-5-18(6-8-19)24-14-17(13-22)21(27)23-12-11-16-3-9-20(28-2)10-4-16/h3-10,14,24H,11-12H2,1-2H3,(H,23,27)(H,25,26)/b17-14-. The molecule has 144 valence electrons. The molecule has 0 fully saturated rings. The third kappa shape index (κ3) is 6.50. The highest BCUT2D eigenvalue weighted by molar-refractivity contribution is 5.97. The molecule has 28 heavy (non-hydrogen) atoms. The van der Waals surface area contributed by atoms with Gasteiger partial charge in [-0.2, -0.15) is 5.26 Å². The molecule has 0 heterocycles. The molecule has 0 atom stereocenters. The van der Waals surface area contributed by atoms with Crippen LogP contribution in [0.25, 0.3) is 0 Å². The second-order valence-corrected chi connectivity index (χ2v) is 5.93. The lowest BCUT2D eigenvalue weighted by Gasteiger charge is -2.07. The van der Waals surface area contributed by atoms with Crippen molar-refractivity contribution in [2.45, 2.75) is 13.3 Å². The number of anilines is 2. The van der Waals surface area contributed by atoms with Gasteiger partial charge in [0, 0.05) is 31.0 Å². The summed E-state index contributed by atoms with van der Waals surface area (Å²) in [5.41, 5.74) is 2.38. The van der Waals surface area contributed by atoms with Crippen LogP contribution in [0.2, 0.25) is 0 Å². The molecular weight excluding hydrogens is 356 g/mol. The summed E-state index contributed by atoms with van der Waals surface area (Å²) in [7, 11) is 1.61. The number of hydrogen-bond donors (Lipinski definition) is 3. The van der Waals surface area contributed by atoms with Crippen LogP contribution >= 0.6 is 0 Å². The van der Waals surface area contributed by atoms with E-state index in [9.17, 15) is 14.9 Å². The van der Waals surface area contributed by atoms with Crippen LogP contribution in [0.1, 0.15) is 12.5 Å². The molecule has 0 aromatic heterocycles. The number of nitriles is 1. The number of nitrogens with zero attached hydrogens (tertiary/aromatic N) is 1. The highest BCUT2D eigenvalue weighted by atomic mass is 16.5. The van der Waals surface area contributed by atoms with E-state index in [1.165, 1.54) is 13.1 Å². The summed E-state index contributed by atoms with van der Waals surface area (Å²) in [6.45, 7) is 1.84. The zero-order chi connectivity index (χ0) is 20.4. The Kier molecular flexibility index (Phi) is 7.61. The molecule has 2 aromatic carbocycles. The number of carbonyl (C=O) groups excluding carboxylic acids is 2. The molecule has 7 heteroatoms. The first kappa shape index (κ1) is 20.5. The van der Waals surface area contributed by atoms with Gasteiger partial charge in [0.1, 0.15) is 17.4 Å². The number of carbonyl (C=O) groups is 2. The van der Waals surface area contributed by atoms with Gasteiger partial charge >= 0.3 is 0 Å². The molecule has 3 N–H and O–H groups in total. The molecule has 0 spiro atoms. The maximum Gasteiger partial charge on any atom is 0.263 e. The SMILES string of the molecule is COc1ccc(CCNC(=O)/C(C#N)=C\Nc2ccc(NC(C)=O)cc2)cc1. The van der Waals surface area contributed by atoms with E-state index in [1.54, 1.807) is 31.4 Å². The molecule has 0 aliphatic rings. The Hall–Kier alpha value is -3.79. The summed E-state index contributed by atoms with van der Waals surface area (Å²) >= 11 is 0. The lowest BCUT2D eigenvalue weighted by Crippen LogP contribution is -2.27. The van der Waals surface area contributed by atoms with E-state index >= 15 is 0 Å². The number of hydrogen-bond acceptors (Lipinski definition) is 5. The summed E-state index contributed by atoms with van der Waals surface area (Å²) in [5.74, 6) is 0.177. The van der Waals surface area contributed by atoms with E-state index in [2.05, 4.69) is 16.0 Å². The monoisotopic (exact) mass is 378 g/mol. The molecule has 0 aliphatic carbocycles. The summed E-state index contributed by atoms with van der Waals surface area (Å²) < 4.78 is 5.11. The van der Waals surface area contributed by atoms with Crippen LogP contribution < -0.4 is 20.7 Å². The van der Waals surface area contributed by atoms with E-state index in [0.717, 1.165) is 11.3 Å². The minimum absolute atomic E-state index is 0.0272. The first-order valence-corrected chi connectivity index (χ1v) is 8.67. The van der Waals surface area contributed by atoms with Gasteiger partial charge in [-0.1, -0.05) is 12.1 Å². The van der Waals surface area contributed by atoms with Gasteiger partial charge in [-0.25, -0.2) is 0 Å². The molecule has 7 nitrogen and oxygen atoms in total. The third-order valence-electron chi connectivity index (χ3n) is 3.81. The summed E-state index contributed by atoms with van der Waals surface area (Å²) in [6, 6.07) is 16.4. The van der Waals surface area contributed by atoms with Gasteiger partial charge in [0.15, 0.2) is 0 Å². The molecule has 2 rings (SSSR count). The van der Waals surface area contributed by atoms with Crippen LogP contribution in [0, 0.1) is 11.3 Å². The van der Waals surface area contributed by atoms with Crippen molar-refractivity contribution in [2.24, 2.45) is 0 Å². The Bertz CT molecular complexity index is 881. The second-order valence-electron chi connectivity index (χ2n) is 5.93. The second kappa shape index (κ2) is 10.4. The zero-order valence-electron chi connectivity index (χ0n) is 15.8. The van der Waals surface area contributed by atoms with Crippen molar-refractivity contribution in [1.82, 2.24) is 5.32 Å². The first-order chi connectivity index (χ1) is 13.5. The van der Waals surface area contributed by atoms with Gasteiger partial charge in [0.2, 0.25) is 5.91 Å². The van der Waals surface area contributed by atoms with Crippen molar-refractivity contribution in [3.05, 3.63) is 65.9 Å². The van der Waals surface area contributed by atoms with Crippen molar-refractivity contribution in [1.29, 1.82) is 5.26 Å². The number of benzene rings is 2. The molecule has 0 saturated heterocycles. The van der Waals surface area contributed by atoms with Crippen LogP contribution in [-0.4, -0.2) is 25.5 Å². The number of amides is 2. The van der Waals surface area contributed by atoms with Crippen molar-refractivity contribution in [2.75, 3.05) is 24.3 Å². The Morgan fingerprint density at radius 2 is 1.71 bits per heavy atom. The van der Waals surface area contributed by atoms with Crippen molar-refractivity contribution < 1.29 is 14.3 Å². The molecule has 2 aromatic rings. The van der Waals surface area contributed by atoms with Gasteiger partial charge in [-0.05, 0) is 48.4 Å². The fourth-order valence-electron chi connectivity index (χ4n) is 2.36. The van der Waals surface area contributed by atoms with E-state index in [1.807, 2.05) is 30.3 Å². The quantitative estimate of drug-likeness (QED) is 0.484. The highest BCUT2D eigenvalue weighted by Gasteiger charge is 2.08. The summed E-state index contributed by atoms with van der Waals surface area (Å²) in [6.07, 6.45) is 2.00. The van der Waals surface area contributed by atoms with Crippen molar-refractivity contribution in [3.63, 3.8) is 0 Å². The maximum absolute atomic E-state index is 12.2. The molecule has 2 amide bonds.